The molecule has 0 saturated heterocycles. The van der Waals surface area contributed by atoms with Crippen LogP contribution < -0.4 is 4.90 Å². The van der Waals surface area contributed by atoms with Gasteiger partial charge in [-0.1, -0.05) is 0 Å². The number of pyridine rings is 1. The Balaban J connectivity index is 2.10. The van der Waals surface area contributed by atoms with Gasteiger partial charge in [0.1, 0.15) is 0 Å². The molecule has 0 amide bonds. The summed E-state index contributed by atoms with van der Waals surface area (Å²) >= 11 is 0. The zero-order chi connectivity index (χ0) is 12.3. The van der Waals surface area contributed by atoms with Crippen molar-refractivity contribution in [3.8, 4) is 6.07 Å². The fourth-order valence-electron chi connectivity index (χ4n) is 1.89. The van der Waals surface area contributed by atoms with Gasteiger partial charge in [-0.25, -0.2) is 0 Å². The van der Waals surface area contributed by atoms with Crippen molar-refractivity contribution < 1.29 is 5.11 Å². The van der Waals surface area contributed by atoms with Crippen molar-refractivity contribution in [2.24, 2.45) is 0 Å². The van der Waals surface area contributed by atoms with Gasteiger partial charge in [-0.15, -0.1) is 0 Å². The van der Waals surface area contributed by atoms with E-state index >= 15 is 0 Å². The van der Waals surface area contributed by atoms with Gasteiger partial charge in [0.15, 0.2) is 0 Å². The number of aromatic nitrogens is 1. The van der Waals surface area contributed by atoms with Crippen LogP contribution >= 0.6 is 0 Å². The number of nitrogens with zero attached hydrogens (tertiary/aromatic N) is 3. The highest BCUT2D eigenvalue weighted by atomic mass is 16.3. The Hall–Kier alpha value is -1.60. The van der Waals surface area contributed by atoms with Gasteiger partial charge >= 0.3 is 0 Å². The Morgan fingerprint density at radius 3 is 2.82 bits per heavy atom. The molecule has 1 atom stereocenters. The summed E-state index contributed by atoms with van der Waals surface area (Å²) in [6.07, 6.45) is 4.19. The van der Waals surface area contributed by atoms with E-state index in [4.69, 9.17) is 5.26 Å². The average molecular weight is 231 g/mol. The molecule has 1 fully saturated rings. The van der Waals surface area contributed by atoms with Crippen LogP contribution in [0.1, 0.15) is 38.0 Å². The van der Waals surface area contributed by atoms with Crippen LogP contribution in [0.25, 0.3) is 0 Å². The fraction of sp³-hybridized carbons (Fsp3) is 0.538. The first kappa shape index (κ1) is 11.9. The van der Waals surface area contributed by atoms with Crippen molar-refractivity contribution in [1.82, 2.24) is 4.98 Å². The Bertz CT molecular complexity index is 404. The Morgan fingerprint density at radius 2 is 2.35 bits per heavy atom. The minimum atomic E-state index is -0.530. The number of aliphatic hydroxyl groups is 1. The number of nitriles is 1. The van der Waals surface area contributed by atoms with Crippen LogP contribution in [0.3, 0.4) is 0 Å². The molecular weight excluding hydrogens is 214 g/mol. The largest absolute Gasteiger partial charge is 0.387 e. The highest BCUT2D eigenvalue weighted by Crippen LogP contribution is 2.31. The van der Waals surface area contributed by atoms with E-state index in [1.54, 1.807) is 13.1 Å². The SMILES string of the molecule is C[C@@H](O)c1ccc(N(CCC#N)C2CC2)cn1. The molecular formula is C13H17N3O. The molecule has 1 heterocycles. The Morgan fingerprint density at radius 1 is 1.59 bits per heavy atom. The predicted molar refractivity (Wildman–Crippen MR) is 65.5 cm³/mol. The van der Waals surface area contributed by atoms with E-state index in [0.29, 0.717) is 18.2 Å². The molecule has 17 heavy (non-hydrogen) atoms. The number of aliphatic hydroxyl groups excluding tert-OH is 1. The van der Waals surface area contributed by atoms with Crippen LogP contribution in [0.15, 0.2) is 18.3 Å². The summed E-state index contributed by atoms with van der Waals surface area (Å²) in [5.74, 6) is 0. The van der Waals surface area contributed by atoms with E-state index in [1.807, 2.05) is 12.1 Å². The summed E-state index contributed by atoms with van der Waals surface area (Å²) < 4.78 is 0. The summed E-state index contributed by atoms with van der Waals surface area (Å²) in [6, 6.07) is 6.58. The van der Waals surface area contributed by atoms with Crippen molar-refractivity contribution in [2.45, 2.75) is 38.3 Å². The topological polar surface area (TPSA) is 60.1 Å². The van der Waals surface area contributed by atoms with Crippen LogP contribution in [0, 0.1) is 11.3 Å². The second kappa shape index (κ2) is 5.15. The molecule has 4 nitrogen and oxygen atoms in total. The van der Waals surface area contributed by atoms with Gasteiger partial charge in [0.2, 0.25) is 0 Å². The van der Waals surface area contributed by atoms with Crippen LogP contribution in [-0.4, -0.2) is 22.7 Å². The number of anilines is 1. The maximum absolute atomic E-state index is 9.40. The summed E-state index contributed by atoms with van der Waals surface area (Å²) in [4.78, 5) is 6.48. The maximum Gasteiger partial charge on any atom is 0.0931 e. The normalized spacial score (nSPS) is 16.3. The van der Waals surface area contributed by atoms with Gasteiger partial charge in [0, 0.05) is 12.6 Å². The van der Waals surface area contributed by atoms with E-state index in [9.17, 15) is 5.11 Å². The van der Waals surface area contributed by atoms with Gasteiger partial charge in [0.25, 0.3) is 0 Å². The molecule has 4 heteroatoms. The average Bonchev–Trinajstić information content (AvgIpc) is 3.14. The molecule has 0 aliphatic heterocycles. The smallest absolute Gasteiger partial charge is 0.0931 e. The minimum Gasteiger partial charge on any atom is -0.387 e. The van der Waals surface area contributed by atoms with Crippen LogP contribution in [0.4, 0.5) is 5.69 Å². The molecule has 2 rings (SSSR count). The van der Waals surface area contributed by atoms with E-state index < -0.39 is 6.10 Å². The van der Waals surface area contributed by atoms with Crippen molar-refractivity contribution in [3.05, 3.63) is 24.0 Å². The van der Waals surface area contributed by atoms with Crippen molar-refractivity contribution in [1.29, 1.82) is 5.26 Å². The third-order valence-corrected chi connectivity index (χ3v) is 2.98. The fourth-order valence-corrected chi connectivity index (χ4v) is 1.89. The molecule has 90 valence electrons. The molecule has 0 aromatic carbocycles. The molecule has 0 spiro atoms. The lowest BCUT2D eigenvalue weighted by molar-refractivity contribution is 0.194. The molecule has 1 N–H and O–H groups in total. The number of hydrogen-bond donors (Lipinski definition) is 1. The first-order valence-corrected chi connectivity index (χ1v) is 6.00. The third kappa shape index (κ3) is 2.95. The molecule has 0 radical (unpaired) electrons. The number of rotatable bonds is 5. The first-order valence-electron chi connectivity index (χ1n) is 6.00. The molecule has 1 aromatic heterocycles. The van der Waals surface area contributed by atoms with Gasteiger partial charge in [0.05, 0.1) is 36.2 Å². The van der Waals surface area contributed by atoms with Crippen molar-refractivity contribution in [2.75, 3.05) is 11.4 Å². The maximum atomic E-state index is 9.40. The van der Waals surface area contributed by atoms with Gasteiger partial charge in [-0.05, 0) is 31.9 Å². The second-order valence-electron chi connectivity index (χ2n) is 4.45. The standard InChI is InChI=1S/C13H17N3O/c1-10(17)13-6-5-12(9-15-13)16(8-2-7-14)11-3-4-11/h5-6,9-11,17H,2-4,8H2,1H3/t10-/m1/s1. The third-order valence-electron chi connectivity index (χ3n) is 2.98. The lowest BCUT2D eigenvalue weighted by Gasteiger charge is -2.23. The second-order valence-corrected chi connectivity index (χ2v) is 4.45. The highest BCUT2D eigenvalue weighted by Gasteiger charge is 2.29. The summed E-state index contributed by atoms with van der Waals surface area (Å²) in [5.41, 5.74) is 1.73. The van der Waals surface area contributed by atoms with Gasteiger partial charge in [-0.3, -0.25) is 4.98 Å². The molecule has 0 bridgehead atoms. The lowest BCUT2D eigenvalue weighted by atomic mass is 10.2. The lowest BCUT2D eigenvalue weighted by Crippen LogP contribution is -2.26. The summed E-state index contributed by atoms with van der Waals surface area (Å²) in [6.45, 7) is 2.47. The number of hydrogen-bond acceptors (Lipinski definition) is 4. The quantitative estimate of drug-likeness (QED) is 0.842. The van der Waals surface area contributed by atoms with E-state index in [1.165, 1.54) is 12.8 Å². The summed E-state index contributed by atoms with van der Waals surface area (Å²) in [7, 11) is 0. The van der Waals surface area contributed by atoms with E-state index in [-0.39, 0.29) is 0 Å². The molecule has 1 aliphatic rings. The van der Waals surface area contributed by atoms with Crippen molar-refractivity contribution in [3.63, 3.8) is 0 Å². The van der Waals surface area contributed by atoms with Gasteiger partial charge in [-0.2, -0.15) is 5.26 Å². The first-order chi connectivity index (χ1) is 8.22. The predicted octanol–water partition coefficient (Wildman–Crippen LogP) is 2.02. The zero-order valence-corrected chi connectivity index (χ0v) is 10.0. The van der Waals surface area contributed by atoms with E-state index in [2.05, 4.69) is 16.0 Å². The van der Waals surface area contributed by atoms with Crippen LogP contribution in [-0.2, 0) is 0 Å². The molecule has 1 saturated carbocycles. The van der Waals surface area contributed by atoms with Gasteiger partial charge < -0.3 is 10.0 Å². The minimum absolute atomic E-state index is 0.530. The van der Waals surface area contributed by atoms with E-state index in [0.717, 1.165) is 12.2 Å². The monoisotopic (exact) mass is 231 g/mol. The summed E-state index contributed by atoms with van der Waals surface area (Å²) in [5, 5.41) is 18.1. The van der Waals surface area contributed by atoms with Crippen molar-refractivity contribution >= 4 is 5.69 Å². The zero-order valence-electron chi connectivity index (χ0n) is 10.0. The molecule has 1 aliphatic carbocycles. The highest BCUT2D eigenvalue weighted by molar-refractivity contribution is 5.47. The van der Waals surface area contributed by atoms with Crippen LogP contribution in [0.5, 0.6) is 0 Å². The molecule has 1 aromatic rings. The van der Waals surface area contributed by atoms with Crippen LogP contribution in [0.2, 0.25) is 0 Å². The Kier molecular flexibility index (Phi) is 3.60. The molecule has 0 unspecified atom stereocenters. The Labute approximate surface area is 102 Å².